The number of hydrogen-bond donors (Lipinski definition) is 3. The zero-order valence-electron chi connectivity index (χ0n) is 13.5. The quantitative estimate of drug-likeness (QED) is 0.507. The highest BCUT2D eigenvalue weighted by molar-refractivity contribution is 9.10. The molecule has 0 unspecified atom stereocenters. The number of aromatic hydroxyl groups is 1. The first-order valence-electron chi connectivity index (χ1n) is 7.19. The molecule has 0 heterocycles. The van der Waals surface area contributed by atoms with E-state index < -0.39 is 11.9 Å². The van der Waals surface area contributed by atoms with Gasteiger partial charge in [0.25, 0.3) is 5.91 Å². The molecule has 0 aromatic heterocycles. The molecule has 0 aliphatic rings. The van der Waals surface area contributed by atoms with Gasteiger partial charge in [0.05, 0.1) is 22.8 Å². The molecule has 8 heteroatoms. The number of nitrogens with one attached hydrogen (secondary N) is 1. The Morgan fingerprint density at radius 1 is 1.31 bits per heavy atom. The van der Waals surface area contributed by atoms with E-state index in [9.17, 15) is 20.0 Å². The monoisotopic (exact) mass is 416 g/mol. The Kier molecular flexibility index (Phi) is 5.98. The molecule has 0 aliphatic carbocycles. The van der Waals surface area contributed by atoms with Crippen molar-refractivity contribution in [3.63, 3.8) is 0 Å². The smallest absolute Gasteiger partial charge is 0.337 e. The van der Waals surface area contributed by atoms with Gasteiger partial charge in [0.2, 0.25) is 0 Å². The fourth-order valence-electron chi connectivity index (χ4n) is 2.12. The normalized spacial score (nSPS) is 10.7. The highest BCUT2D eigenvalue weighted by atomic mass is 79.9. The van der Waals surface area contributed by atoms with Gasteiger partial charge in [0.1, 0.15) is 11.6 Å². The van der Waals surface area contributed by atoms with Crippen LogP contribution in [0.15, 0.2) is 46.4 Å². The van der Waals surface area contributed by atoms with E-state index in [1.165, 1.54) is 43.5 Å². The Morgan fingerprint density at radius 3 is 2.62 bits per heavy atom. The molecule has 0 atom stereocenters. The van der Waals surface area contributed by atoms with Crippen molar-refractivity contribution >= 4 is 39.6 Å². The molecule has 0 fully saturated rings. The number of nitriles is 1. The predicted molar refractivity (Wildman–Crippen MR) is 98.0 cm³/mol. The van der Waals surface area contributed by atoms with Crippen LogP contribution in [0.3, 0.4) is 0 Å². The average molecular weight is 417 g/mol. The van der Waals surface area contributed by atoms with Crippen molar-refractivity contribution in [2.45, 2.75) is 0 Å². The molecule has 0 saturated heterocycles. The van der Waals surface area contributed by atoms with Crippen molar-refractivity contribution in [2.75, 3.05) is 12.4 Å². The van der Waals surface area contributed by atoms with Gasteiger partial charge in [-0.3, -0.25) is 4.79 Å². The third-order valence-electron chi connectivity index (χ3n) is 3.35. The zero-order valence-corrected chi connectivity index (χ0v) is 15.1. The molecular weight excluding hydrogens is 404 g/mol. The number of carbonyl (C=O) groups excluding carboxylic acids is 1. The molecule has 2 aromatic carbocycles. The lowest BCUT2D eigenvalue weighted by Gasteiger charge is -2.09. The standard InChI is InChI=1S/C18H13BrN2O5/c1-26-15-8-10(7-13(19)16(15)22)6-11(9-20)17(23)21-14-5-3-2-4-12(14)18(24)25/h2-8,22H,1H3,(H,21,23)(H,24,25)/b11-6+. The SMILES string of the molecule is COc1cc(/C=C(\C#N)C(=O)Nc2ccccc2C(=O)O)cc(Br)c1O. The van der Waals surface area contributed by atoms with Crippen LogP contribution in [0.5, 0.6) is 11.5 Å². The third-order valence-corrected chi connectivity index (χ3v) is 3.96. The van der Waals surface area contributed by atoms with Crippen LogP contribution in [-0.2, 0) is 4.79 Å². The Morgan fingerprint density at radius 2 is 2.00 bits per heavy atom. The number of hydrogen-bond acceptors (Lipinski definition) is 5. The Labute approximate surface area is 157 Å². The lowest BCUT2D eigenvalue weighted by Crippen LogP contribution is -2.16. The topological polar surface area (TPSA) is 120 Å². The van der Waals surface area contributed by atoms with Gasteiger partial charge in [0, 0.05) is 0 Å². The van der Waals surface area contributed by atoms with Crippen LogP contribution < -0.4 is 10.1 Å². The number of carbonyl (C=O) groups is 2. The van der Waals surface area contributed by atoms with Gasteiger partial charge in [-0.1, -0.05) is 12.1 Å². The van der Waals surface area contributed by atoms with Crippen LogP contribution in [0.25, 0.3) is 6.08 Å². The molecule has 0 saturated carbocycles. The Hall–Kier alpha value is -3.31. The number of anilines is 1. The number of methoxy groups -OCH3 is 1. The molecule has 0 aliphatic heterocycles. The number of rotatable bonds is 5. The van der Waals surface area contributed by atoms with Gasteiger partial charge in [-0.25, -0.2) is 4.79 Å². The number of ether oxygens (including phenoxy) is 1. The summed E-state index contributed by atoms with van der Waals surface area (Å²) in [4.78, 5) is 23.5. The number of aromatic carboxylic acids is 1. The highest BCUT2D eigenvalue weighted by Gasteiger charge is 2.15. The number of phenols is 1. The number of phenolic OH excluding ortho intramolecular Hbond substituents is 1. The first kappa shape index (κ1) is 19.0. The number of benzene rings is 2. The first-order chi connectivity index (χ1) is 12.4. The number of carboxylic acids is 1. The fourth-order valence-corrected chi connectivity index (χ4v) is 2.58. The summed E-state index contributed by atoms with van der Waals surface area (Å²) < 4.78 is 5.35. The molecular formula is C18H13BrN2O5. The maximum absolute atomic E-state index is 12.3. The van der Waals surface area contributed by atoms with Gasteiger partial charge in [-0.2, -0.15) is 5.26 Å². The van der Waals surface area contributed by atoms with E-state index in [1.807, 2.05) is 0 Å². The highest BCUT2D eigenvalue weighted by Crippen LogP contribution is 2.35. The second kappa shape index (κ2) is 8.18. The van der Waals surface area contributed by atoms with Gasteiger partial charge < -0.3 is 20.3 Å². The number of halogens is 1. The molecule has 0 radical (unpaired) electrons. The molecule has 0 spiro atoms. The first-order valence-corrected chi connectivity index (χ1v) is 7.98. The Bertz CT molecular complexity index is 947. The van der Waals surface area contributed by atoms with E-state index in [0.29, 0.717) is 10.0 Å². The van der Waals surface area contributed by atoms with Crippen molar-refractivity contribution in [1.29, 1.82) is 5.26 Å². The van der Waals surface area contributed by atoms with Crippen LogP contribution in [0.2, 0.25) is 0 Å². The van der Waals surface area contributed by atoms with E-state index >= 15 is 0 Å². The van der Waals surface area contributed by atoms with Crippen LogP contribution in [-0.4, -0.2) is 29.2 Å². The molecule has 0 bridgehead atoms. The molecule has 26 heavy (non-hydrogen) atoms. The van der Waals surface area contributed by atoms with E-state index in [1.54, 1.807) is 12.1 Å². The largest absolute Gasteiger partial charge is 0.503 e. The molecule has 3 N–H and O–H groups in total. The molecule has 2 aromatic rings. The number of nitrogens with zero attached hydrogens (tertiary/aromatic N) is 1. The van der Waals surface area contributed by atoms with Crippen LogP contribution >= 0.6 is 15.9 Å². The minimum absolute atomic E-state index is 0.0793. The van der Waals surface area contributed by atoms with E-state index in [-0.39, 0.29) is 28.3 Å². The average Bonchev–Trinajstić information content (AvgIpc) is 2.62. The number of para-hydroxylation sites is 1. The summed E-state index contributed by atoms with van der Waals surface area (Å²) in [5, 5.41) is 30.6. The summed E-state index contributed by atoms with van der Waals surface area (Å²) in [5.41, 5.74) is 0.178. The predicted octanol–water partition coefficient (Wildman–Crippen LogP) is 3.41. The minimum Gasteiger partial charge on any atom is -0.503 e. The summed E-state index contributed by atoms with van der Waals surface area (Å²) >= 11 is 3.16. The molecule has 7 nitrogen and oxygen atoms in total. The maximum Gasteiger partial charge on any atom is 0.337 e. The number of amides is 1. The second-order valence-electron chi connectivity index (χ2n) is 5.03. The summed E-state index contributed by atoms with van der Waals surface area (Å²) in [5.74, 6) is -1.90. The lowest BCUT2D eigenvalue weighted by atomic mass is 10.1. The maximum atomic E-state index is 12.3. The van der Waals surface area contributed by atoms with Gasteiger partial charge in [0.15, 0.2) is 11.5 Å². The third kappa shape index (κ3) is 4.20. The van der Waals surface area contributed by atoms with E-state index in [2.05, 4.69) is 21.2 Å². The van der Waals surface area contributed by atoms with Crippen LogP contribution in [0, 0.1) is 11.3 Å². The zero-order chi connectivity index (χ0) is 19.3. The molecule has 132 valence electrons. The van der Waals surface area contributed by atoms with Crippen molar-refractivity contribution in [1.82, 2.24) is 0 Å². The van der Waals surface area contributed by atoms with Crippen LogP contribution in [0.1, 0.15) is 15.9 Å². The molecule has 2 rings (SSSR count). The van der Waals surface area contributed by atoms with Crippen molar-refractivity contribution < 1.29 is 24.5 Å². The van der Waals surface area contributed by atoms with Crippen molar-refractivity contribution in [2.24, 2.45) is 0 Å². The fraction of sp³-hybridized carbons (Fsp3) is 0.0556. The van der Waals surface area contributed by atoms with Gasteiger partial charge in [-0.15, -0.1) is 0 Å². The molecule has 1 amide bonds. The summed E-state index contributed by atoms with van der Waals surface area (Å²) in [6.07, 6.45) is 1.30. The Balaban J connectivity index is 2.36. The van der Waals surface area contributed by atoms with E-state index in [4.69, 9.17) is 9.84 Å². The summed E-state index contributed by atoms with van der Waals surface area (Å²) in [7, 11) is 1.37. The van der Waals surface area contributed by atoms with Crippen molar-refractivity contribution in [3.05, 3.63) is 57.6 Å². The summed E-state index contributed by atoms with van der Waals surface area (Å²) in [6, 6.07) is 10.6. The van der Waals surface area contributed by atoms with Gasteiger partial charge in [-0.05, 0) is 51.8 Å². The van der Waals surface area contributed by atoms with Crippen molar-refractivity contribution in [3.8, 4) is 17.6 Å². The minimum atomic E-state index is -1.20. The second-order valence-corrected chi connectivity index (χ2v) is 5.88. The van der Waals surface area contributed by atoms with Gasteiger partial charge >= 0.3 is 5.97 Å². The van der Waals surface area contributed by atoms with Crippen LogP contribution in [0.4, 0.5) is 5.69 Å². The lowest BCUT2D eigenvalue weighted by molar-refractivity contribution is -0.112. The van der Waals surface area contributed by atoms with E-state index in [0.717, 1.165) is 0 Å². The number of carboxylic acid groups (broad SMARTS) is 1. The summed E-state index contributed by atoms with van der Waals surface area (Å²) in [6.45, 7) is 0.